The van der Waals surface area contributed by atoms with Crippen molar-refractivity contribution in [2.24, 2.45) is 0 Å². The number of nitrogens with zero attached hydrogens (tertiary/aromatic N) is 2. The summed E-state index contributed by atoms with van der Waals surface area (Å²) in [6.07, 6.45) is 0. The number of carbonyl (C=O) groups is 1. The predicted octanol–water partition coefficient (Wildman–Crippen LogP) is 3.23. The smallest absolute Gasteiger partial charge is 0.244 e. The average Bonchev–Trinajstić information content (AvgIpc) is 2.53. The molecule has 0 bridgehead atoms. The Balaban J connectivity index is 1.73. The molecule has 0 aliphatic carbocycles. The first kappa shape index (κ1) is 14.8. The van der Waals surface area contributed by atoms with Gasteiger partial charge in [0, 0.05) is 25.3 Å². The number of amides is 1. The molecule has 22 heavy (non-hydrogen) atoms. The van der Waals surface area contributed by atoms with Gasteiger partial charge in [-0.05, 0) is 37.1 Å². The van der Waals surface area contributed by atoms with Crippen LogP contribution in [0.15, 0.2) is 54.6 Å². The molecule has 1 saturated heterocycles. The van der Waals surface area contributed by atoms with Gasteiger partial charge in [-0.25, -0.2) is 0 Å². The molecular weight excluding hydrogens is 272 g/mol. The second-order valence-corrected chi connectivity index (χ2v) is 5.96. The molecule has 0 radical (unpaired) electrons. The summed E-state index contributed by atoms with van der Waals surface area (Å²) in [5, 5.41) is 0. The van der Waals surface area contributed by atoms with Crippen LogP contribution in [0.1, 0.15) is 18.1 Å². The molecule has 2 aromatic rings. The Morgan fingerprint density at radius 2 is 1.82 bits per heavy atom. The van der Waals surface area contributed by atoms with Crippen LogP contribution in [0.2, 0.25) is 0 Å². The van der Waals surface area contributed by atoms with Crippen LogP contribution in [0, 0.1) is 6.92 Å². The van der Waals surface area contributed by atoms with E-state index in [4.69, 9.17) is 0 Å². The molecule has 1 fully saturated rings. The summed E-state index contributed by atoms with van der Waals surface area (Å²) < 4.78 is 0. The lowest BCUT2D eigenvalue weighted by atomic mass is 10.1. The van der Waals surface area contributed by atoms with Gasteiger partial charge >= 0.3 is 0 Å². The van der Waals surface area contributed by atoms with Gasteiger partial charge in [-0.3, -0.25) is 9.69 Å². The third-order valence-electron chi connectivity index (χ3n) is 4.32. The molecule has 0 aromatic heterocycles. The summed E-state index contributed by atoms with van der Waals surface area (Å²) in [5.41, 5.74) is 3.45. The van der Waals surface area contributed by atoms with Crippen molar-refractivity contribution >= 4 is 11.6 Å². The van der Waals surface area contributed by atoms with Crippen molar-refractivity contribution < 1.29 is 4.79 Å². The van der Waals surface area contributed by atoms with Gasteiger partial charge in [-0.2, -0.15) is 0 Å². The van der Waals surface area contributed by atoms with Gasteiger partial charge in [0.05, 0.1) is 6.04 Å². The van der Waals surface area contributed by atoms with Crippen molar-refractivity contribution in [3.8, 4) is 0 Å². The lowest BCUT2D eigenvalue weighted by molar-refractivity contribution is -0.125. The number of hydrogen-bond acceptors (Lipinski definition) is 2. The topological polar surface area (TPSA) is 23.6 Å². The fourth-order valence-corrected chi connectivity index (χ4v) is 3.00. The van der Waals surface area contributed by atoms with Gasteiger partial charge in [0.25, 0.3) is 0 Å². The Hall–Kier alpha value is -2.13. The lowest BCUT2D eigenvalue weighted by Crippen LogP contribution is -2.55. The van der Waals surface area contributed by atoms with E-state index in [2.05, 4.69) is 36.1 Å². The lowest BCUT2D eigenvalue weighted by Gasteiger charge is -2.39. The van der Waals surface area contributed by atoms with Gasteiger partial charge in [-0.15, -0.1) is 0 Å². The first-order chi connectivity index (χ1) is 10.6. The number of piperazine rings is 1. The number of aryl methyl sites for hydroxylation is 1. The zero-order valence-corrected chi connectivity index (χ0v) is 13.2. The summed E-state index contributed by atoms with van der Waals surface area (Å²) in [6, 6.07) is 18.4. The highest BCUT2D eigenvalue weighted by Crippen LogP contribution is 2.22. The maximum atomic E-state index is 12.7. The van der Waals surface area contributed by atoms with Crippen LogP contribution in [0.25, 0.3) is 0 Å². The zero-order chi connectivity index (χ0) is 15.5. The molecule has 1 atom stereocenters. The quantitative estimate of drug-likeness (QED) is 0.867. The van der Waals surface area contributed by atoms with E-state index in [1.165, 1.54) is 11.1 Å². The molecule has 1 amide bonds. The number of carbonyl (C=O) groups excluding carboxylic acids is 1. The molecule has 3 heteroatoms. The monoisotopic (exact) mass is 294 g/mol. The molecule has 114 valence electrons. The van der Waals surface area contributed by atoms with Gasteiger partial charge in [0.15, 0.2) is 0 Å². The molecule has 0 saturated carbocycles. The van der Waals surface area contributed by atoms with Crippen LogP contribution in [-0.4, -0.2) is 29.9 Å². The number of anilines is 1. The summed E-state index contributed by atoms with van der Waals surface area (Å²) >= 11 is 0. The third-order valence-corrected chi connectivity index (χ3v) is 4.32. The normalized spacial score (nSPS) is 19.5. The molecular formula is C19H22N2O. The van der Waals surface area contributed by atoms with Crippen LogP contribution in [0.3, 0.4) is 0 Å². The number of benzene rings is 2. The Bertz CT molecular complexity index is 653. The van der Waals surface area contributed by atoms with E-state index in [9.17, 15) is 4.79 Å². The molecule has 1 aliphatic rings. The van der Waals surface area contributed by atoms with Crippen LogP contribution in [0.4, 0.5) is 5.69 Å². The first-order valence-electron chi connectivity index (χ1n) is 7.81. The summed E-state index contributed by atoms with van der Waals surface area (Å²) in [5.74, 6) is 0.188. The summed E-state index contributed by atoms with van der Waals surface area (Å²) in [6.45, 7) is 6.54. The molecule has 0 spiro atoms. The standard InChI is InChI=1S/C19H22N2O/c1-15-7-6-10-18(13-15)21-12-11-20(16(2)19(21)22)14-17-8-4-3-5-9-17/h3-10,13,16H,11-12,14H2,1-2H3. The molecule has 3 rings (SSSR count). The first-order valence-corrected chi connectivity index (χ1v) is 7.81. The number of rotatable bonds is 3. The molecule has 1 heterocycles. The molecule has 1 unspecified atom stereocenters. The van der Waals surface area contributed by atoms with Gasteiger partial charge in [0.2, 0.25) is 5.91 Å². The fourth-order valence-electron chi connectivity index (χ4n) is 3.00. The van der Waals surface area contributed by atoms with Crippen molar-refractivity contribution in [1.82, 2.24) is 4.90 Å². The van der Waals surface area contributed by atoms with Gasteiger partial charge in [0.1, 0.15) is 0 Å². The Kier molecular flexibility index (Phi) is 4.25. The molecule has 3 nitrogen and oxygen atoms in total. The fraction of sp³-hybridized carbons (Fsp3) is 0.316. The maximum absolute atomic E-state index is 12.7. The van der Waals surface area contributed by atoms with Crippen molar-refractivity contribution in [3.63, 3.8) is 0 Å². The van der Waals surface area contributed by atoms with E-state index in [1.807, 2.05) is 42.2 Å². The Labute approximate surface area is 132 Å². The minimum atomic E-state index is -0.0885. The summed E-state index contributed by atoms with van der Waals surface area (Å²) in [4.78, 5) is 16.9. The van der Waals surface area contributed by atoms with Crippen molar-refractivity contribution in [2.45, 2.75) is 26.4 Å². The van der Waals surface area contributed by atoms with E-state index in [0.717, 1.165) is 25.3 Å². The van der Waals surface area contributed by atoms with Crippen LogP contribution >= 0.6 is 0 Å². The van der Waals surface area contributed by atoms with Gasteiger partial charge in [-0.1, -0.05) is 42.5 Å². The SMILES string of the molecule is Cc1cccc(N2CCN(Cc3ccccc3)C(C)C2=O)c1. The van der Waals surface area contributed by atoms with E-state index in [0.29, 0.717) is 0 Å². The van der Waals surface area contributed by atoms with Crippen molar-refractivity contribution in [1.29, 1.82) is 0 Å². The highest BCUT2D eigenvalue weighted by atomic mass is 16.2. The van der Waals surface area contributed by atoms with E-state index < -0.39 is 0 Å². The zero-order valence-electron chi connectivity index (χ0n) is 13.2. The molecule has 2 aromatic carbocycles. The largest absolute Gasteiger partial charge is 0.310 e. The highest BCUT2D eigenvalue weighted by Gasteiger charge is 2.32. The van der Waals surface area contributed by atoms with E-state index in [-0.39, 0.29) is 11.9 Å². The van der Waals surface area contributed by atoms with Crippen LogP contribution in [-0.2, 0) is 11.3 Å². The number of hydrogen-bond donors (Lipinski definition) is 0. The predicted molar refractivity (Wildman–Crippen MR) is 89.8 cm³/mol. The van der Waals surface area contributed by atoms with Crippen LogP contribution < -0.4 is 4.90 Å². The molecule has 0 N–H and O–H groups in total. The van der Waals surface area contributed by atoms with Crippen molar-refractivity contribution in [2.75, 3.05) is 18.0 Å². The average molecular weight is 294 g/mol. The van der Waals surface area contributed by atoms with E-state index >= 15 is 0 Å². The van der Waals surface area contributed by atoms with Crippen molar-refractivity contribution in [3.05, 3.63) is 65.7 Å². The van der Waals surface area contributed by atoms with E-state index in [1.54, 1.807) is 0 Å². The van der Waals surface area contributed by atoms with Crippen LogP contribution in [0.5, 0.6) is 0 Å². The second-order valence-electron chi connectivity index (χ2n) is 5.96. The highest BCUT2D eigenvalue weighted by molar-refractivity contribution is 5.97. The Morgan fingerprint density at radius 1 is 1.05 bits per heavy atom. The maximum Gasteiger partial charge on any atom is 0.244 e. The third kappa shape index (κ3) is 3.04. The molecule has 1 aliphatic heterocycles. The minimum Gasteiger partial charge on any atom is -0.310 e. The summed E-state index contributed by atoms with van der Waals surface area (Å²) in [7, 11) is 0. The second kappa shape index (κ2) is 6.32. The van der Waals surface area contributed by atoms with Gasteiger partial charge < -0.3 is 4.90 Å². The Morgan fingerprint density at radius 3 is 2.55 bits per heavy atom. The minimum absolute atomic E-state index is 0.0885.